The molecule has 2 aromatic carbocycles. The zero-order valence-corrected chi connectivity index (χ0v) is 14.3. The summed E-state index contributed by atoms with van der Waals surface area (Å²) in [5.41, 5.74) is 1.88. The Labute approximate surface area is 150 Å². The highest BCUT2D eigenvalue weighted by Gasteiger charge is 2.41. The van der Waals surface area contributed by atoms with E-state index in [0.717, 1.165) is 10.5 Å². The maximum absolute atomic E-state index is 12.8. The van der Waals surface area contributed by atoms with E-state index in [-0.39, 0.29) is 5.69 Å². The molecule has 26 heavy (non-hydrogen) atoms. The number of nitrogens with zero attached hydrogens (tertiary/aromatic N) is 2. The Bertz CT molecular complexity index is 907. The molecule has 1 atom stereocenters. The van der Waals surface area contributed by atoms with Crippen molar-refractivity contribution in [3.8, 4) is 5.75 Å². The van der Waals surface area contributed by atoms with Gasteiger partial charge in [0.2, 0.25) is 5.91 Å². The van der Waals surface area contributed by atoms with Crippen molar-refractivity contribution in [3.63, 3.8) is 0 Å². The van der Waals surface area contributed by atoms with Gasteiger partial charge in [-0.15, -0.1) is 0 Å². The number of hydrogen-bond acceptors (Lipinski definition) is 5. The lowest BCUT2D eigenvalue weighted by molar-refractivity contribution is -0.131. The van der Waals surface area contributed by atoms with Gasteiger partial charge in [0.15, 0.2) is 5.92 Å². The molecule has 7 nitrogen and oxygen atoms in total. The lowest BCUT2D eigenvalue weighted by atomic mass is 10.1. The number of imide groups is 2. The van der Waals surface area contributed by atoms with E-state index in [1.807, 2.05) is 25.1 Å². The smallest absolute Gasteiger partial charge is 0.335 e. The number of rotatable bonds is 4. The van der Waals surface area contributed by atoms with Crippen molar-refractivity contribution in [1.29, 1.82) is 0 Å². The molecule has 0 spiro atoms. The fourth-order valence-electron chi connectivity index (χ4n) is 2.63. The molecule has 1 heterocycles. The molecule has 0 saturated carbocycles. The third-order valence-electron chi connectivity index (χ3n) is 3.90. The first kappa shape index (κ1) is 17.3. The van der Waals surface area contributed by atoms with Crippen LogP contribution in [0.3, 0.4) is 0 Å². The van der Waals surface area contributed by atoms with Crippen LogP contribution in [0.15, 0.2) is 53.5 Å². The summed E-state index contributed by atoms with van der Waals surface area (Å²) in [6, 6.07) is 13.1. The summed E-state index contributed by atoms with van der Waals surface area (Å²) in [4.78, 5) is 42.3. The van der Waals surface area contributed by atoms with Gasteiger partial charge in [-0.2, -0.15) is 0 Å². The Kier molecular flexibility index (Phi) is 4.79. The van der Waals surface area contributed by atoms with Crippen molar-refractivity contribution < 1.29 is 19.1 Å². The molecule has 0 unspecified atom stereocenters. The molecule has 7 heteroatoms. The summed E-state index contributed by atoms with van der Waals surface area (Å²) in [5, 5.41) is 2.19. The van der Waals surface area contributed by atoms with Crippen molar-refractivity contribution in [2.45, 2.75) is 6.92 Å². The van der Waals surface area contributed by atoms with Crippen LogP contribution >= 0.6 is 0 Å². The fraction of sp³-hybridized carbons (Fsp3) is 0.158. The van der Waals surface area contributed by atoms with Crippen LogP contribution in [0.1, 0.15) is 5.56 Å². The molecule has 4 amide bonds. The summed E-state index contributed by atoms with van der Waals surface area (Å²) in [6.07, 6.45) is 1.25. The number of ether oxygens (including phenoxy) is 1. The van der Waals surface area contributed by atoms with Gasteiger partial charge in [-0.05, 0) is 36.8 Å². The zero-order valence-electron chi connectivity index (χ0n) is 14.3. The first-order valence-corrected chi connectivity index (χ1v) is 7.94. The van der Waals surface area contributed by atoms with Crippen molar-refractivity contribution in [1.82, 2.24) is 5.32 Å². The molecule has 1 aliphatic rings. The summed E-state index contributed by atoms with van der Waals surface area (Å²) in [6.45, 7) is 1.92. The van der Waals surface area contributed by atoms with E-state index >= 15 is 0 Å². The van der Waals surface area contributed by atoms with Crippen LogP contribution in [0.25, 0.3) is 0 Å². The van der Waals surface area contributed by atoms with E-state index in [0.29, 0.717) is 11.4 Å². The van der Waals surface area contributed by atoms with Crippen LogP contribution in [-0.4, -0.2) is 31.2 Å². The Hall–Kier alpha value is -3.48. The summed E-state index contributed by atoms with van der Waals surface area (Å²) >= 11 is 0. The number of carbonyl (C=O) groups is 3. The third kappa shape index (κ3) is 3.32. The number of carbonyl (C=O) groups excluding carboxylic acids is 3. The first-order chi connectivity index (χ1) is 12.5. The minimum Gasteiger partial charge on any atom is -0.495 e. The lowest BCUT2D eigenvalue weighted by Gasteiger charge is -2.29. The number of barbiturate groups is 1. The second-order valence-corrected chi connectivity index (χ2v) is 5.73. The number of amides is 4. The molecule has 1 fully saturated rings. The zero-order chi connectivity index (χ0) is 18.7. The van der Waals surface area contributed by atoms with Gasteiger partial charge in [-0.25, -0.2) is 9.69 Å². The predicted molar refractivity (Wildman–Crippen MR) is 96.8 cm³/mol. The van der Waals surface area contributed by atoms with Crippen LogP contribution in [0.2, 0.25) is 0 Å². The monoisotopic (exact) mass is 351 g/mol. The van der Waals surface area contributed by atoms with Gasteiger partial charge in [0, 0.05) is 6.21 Å². The third-order valence-corrected chi connectivity index (χ3v) is 3.90. The van der Waals surface area contributed by atoms with Crippen molar-refractivity contribution in [2.24, 2.45) is 10.9 Å². The van der Waals surface area contributed by atoms with E-state index in [1.54, 1.807) is 30.3 Å². The standard InChI is InChI=1S/C19H17N3O4/c1-12-6-5-7-13(10-12)20-11-14-17(23)21-19(25)22(18(14)24)15-8-3-4-9-16(15)26-2/h3-11,14H,1-2H3,(H,21,23,25)/t14-/m1/s1. The highest BCUT2D eigenvalue weighted by atomic mass is 16.5. The number of aryl methyl sites for hydroxylation is 1. The van der Waals surface area contributed by atoms with Crippen LogP contribution in [0.5, 0.6) is 5.75 Å². The molecule has 2 aromatic rings. The predicted octanol–water partition coefficient (Wildman–Crippen LogP) is 2.61. The quantitative estimate of drug-likeness (QED) is 0.677. The van der Waals surface area contributed by atoms with Gasteiger partial charge in [0.25, 0.3) is 5.91 Å². The van der Waals surface area contributed by atoms with E-state index in [2.05, 4.69) is 10.3 Å². The van der Waals surface area contributed by atoms with E-state index < -0.39 is 23.8 Å². The van der Waals surface area contributed by atoms with Crippen LogP contribution in [0.4, 0.5) is 16.2 Å². The minimum absolute atomic E-state index is 0.263. The molecule has 3 rings (SSSR count). The summed E-state index contributed by atoms with van der Waals surface area (Å²) in [7, 11) is 1.44. The van der Waals surface area contributed by atoms with Crippen molar-refractivity contribution in [2.75, 3.05) is 12.0 Å². The molecule has 1 saturated heterocycles. The largest absolute Gasteiger partial charge is 0.495 e. The van der Waals surface area contributed by atoms with Gasteiger partial charge < -0.3 is 4.74 Å². The molecule has 0 radical (unpaired) electrons. The maximum atomic E-state index is 12.8. The Morgan fingerprint density at radius 1 is 1.12 bits per heavy atom. The molecular weight excluding hydrogens is 334 g/mol. The SMILES string of the molecule is COc1ccccc1N1C(=O)NC(=O)[C@@H](C=Nc2cccc(C)c2)C1=O. The maximum Gasteiger partial charge on any atom is 0.335 e. The Morgan fingerprint density at radius 2 is 1.88 bits per heavy atom. The number of para-hydroxylation sites is 2. The molecule has 0 aromatic heterocycles. The average Bonchev–Trinajstić information content (AvgIpc) is 2.61. The lowest BCUT2D eigenvalue weighted by Crippen LogP contribution is -2.58. The van der Waals surface area contributed by atoms with Gasteiger partial charge in [-0.1, -0.05) is 24.3 Å². The first-order valence-electron chi connectivity index (χ1n) is 7.94. The van der Waals surface area contributed by atoms with Crippen LogP contribution in [0, 0.1) is 12.8 Å². The van der Waals surface area contributed by atoms with Gasteiger partial charge in [0.05, 0.1) is 18.5 Å². The molecule has 132 valence electrons. The number of methoxy groups -OCH3 is 1. The van der Waals surface area contributed by atoms with Crippen molar-refractivity contribution >= 4 is 35.4 Å². The molecule has 0 aliphatic carbocycles. The average molecular weight is 351 g/mol. The van der Waals surface area contributed by atoms with Gasteiger partial charge >= 0.3 is 6.03 Å². The fourth-order valence-corrected chi connectivity index (χ4v) is 2.63. The van der Waals surface area contributed by atoms with E-state index in [4.69, 9.17) is 4.74 Å². The number of anilines is 1. The van der Waals surface area contributed by atoms with Gasteiger partial charge in [-0.3, -0.25) is 19.9 Å². The topological polar surface area (TPSA) is 88.1 Å². The highest BCUT2D eigenvalue weighted by Crippen LogP contribution is 2.30. The van der Waals surface area contributed by atoms with E-state index in [9.17, 15) is 14.4 Å². The summed E-state index contributed by atoms with van der Waals surface area (Å²) < 4.78 is 5.21. The molecule has 1 N–H and O–H groups in total. The van der Waals surface area contributed by atoms with Crippen LogP contribution in [-0.2, 0) is 9.59 Å². The second kappa shape index (κ2) is 7.18. The van der Waals surface area contributed by atoms with Gasteiger partial charge in [0.1, 0.15) is 5.75 Å². The minimum atomic E-state index is -1.21. The van der Waals surface area contributed by atoms with Crippen LogP contribution < -0.4 is 15.0 Å². The second-order valence-electron chi connectivity index (χ2n) is 5.73. The molecular formula is C19H17N3O4. The summed E-state index contributed by atoms with van der Waals surface area (Å²) in [5.74, 6) is -2.25. The highest BCUT2D eigenvalue weighted by molar-refractivity contribution is 6.33. The number of nitrogens with one attached hydrogen (secondary N) is 1. The number of hydrogen-bond donors (Lipinski definition) is 1. The number of urea groups is 1. The number of benzene rings is 2. The Morgan fingerprint density at radius 3 is 2.62 bits per heavy atom. The molecule has 1 aliphatic heterocycles. The molecule has 0 bridgehead atoms. The van der Waals surface area contributed by atoms with Crippen molar-refractivity contribution in [3.05, 3.63) is 54.1 Å². The normalized spacial score (nSPS) is 17.5. The Balaban J connectivity index is 1.93. The van der Waals surface area contributed by atoms with E-state index in [1.165, 1.54) is 13.3 Å². The number of aliphatic imine (C=N–C) groups is 1.